The lowest BCUT2D eigenvalue weighted by Crippen LogP contribution is -2.47. The summed E-state index contributed by atoms with van der Waals surface area (Å²) >= 11 is 15.9. The van der Waals surface area contributed by atoms with E-state index in [1.165, 1.54) is 89.1 Å². The Balaban J connectivity index is 0.947. The van der Waals surface area contributed by atoms with Crippen LogP contribution in [0, 0.1) is 17.8 Å². The maximum absolute atomic E-state index is 13.9. The van der Waals surface area contributed by atoms with Crippen LogP contribution in [0.3, 0.4) is 0 Å². The number of benzene rings is 6. The Bertz CT molecular complexity index is 3450. The lowest BCUT2D eigenvalue weighted by Gasteiger charge is -2.46. The van der Waals surface area contributed by atoms with Crippen LogP contribution in [0.15, 0.2) is 149 Å². The lowest BCUT2D eigenvalue weighted by molar-refractivity contribution is -0.535. The van der Waals surface area contributed by atoms with Gasteiger partial charge in [0.05, 0.1) is 20.2 Å². The minimum Gasteiger partial charge on any atom is -0.497 e. The Labute approximate surface area is 500 Å². The van der Waals surface area contributed by atoms with E-state index < -0.39 is 16.0 Å². The Morgan fingerprint density at radius 3 is 1.91 bits per heavy atom. The lowest BCUT2D eigenvalue weighted by atomic mass is 9.64. The van der Waals surface area contributed by atoms with Gasteiger partial charge < -0.3 is 9.64 Å². The van der Waals surface area contributed by atoms with Crippen LogP contribution in [0.4, 0.5) is 0 Å². The molecule has 3 aliphatic carbocycles. The van der Waals surface area contributed by atoms with Gasteiger partial charge in [-0.05, 0) is 177 Å². The second-order valence-electron chi connectivity index (χ2n) is 22.0. The molecule has 4 fully saturated rings. The van der Waals surface area contributed by atoms with Crippen molar-refractivity contribution in [3.05, 3.63) is 172 Å². The van der Waals surface area contributed by atoms with Gasteiger partial charge in [-0.1, -0.05) is 157 Å². The van der Waals surface area contributed by atoms with Crippen molar-refractivity contribution in [2.75, 3.05) is 96.6 Å². The van der Waals surface area contributed by atoms with Crippen molar-refractivity contribution in [2.24, 2.45) is 17.8 Å². The van der Waals surface area contributed by atoms with E-state index in [0.717, 1.165) is 107 Å². The van der Waals surface area contributed by atoms with Crippen LogP contribution in [-0.4, -0.2) is 138 Å². The molecule has 6 aromatic rings. The number of methoxy groups -OCH3 is 1. The van der Waals surface area contributed by atoms with Crippen molar-refractivity contribution >= 4 is 123 Å². The Morgan fingerprint density at radius 1 is 0.750 bits per heavy atom. The highest BCUT2D eigenvalue weighted by molar-refractivity contribution is 8.53. The number of piperazine rings is 2. The molecule has 1 N–H and O–H groups in total. The summed E-state index contributed by atoms with van der Waals surface area (Å²) in [5, 5.41) is 4.53. The molecular weight excluding hydrogens is 1130 g/mol. The first kappa shape index (κ1) is 56.5. The van der Waals surface area contributed by atoms with Crippen molar-refractivity contribution in [2.45, 2.75) is 51.9 Å². The van der Waals surface area contributed by atoms with Crippen molar-refractivity contribution in [1.82, 2.24) is 14.7 Å². The van der Waals surface area contributed by atoms with Gasteiger partial charge in [-0.25, -0.2) is 4.58 Å². The second kappa shape index (κ2) is 24.7. The molecule has 12 rings (SSSR count). The smallest absolute Gasteiger partial charge is 0.294 e. The van der Waals surface area contributed by atoms with Crippen molar-refractivity contribution in [3.63, 3.8) is 0 Å². The van der Waals surface area contributed by atoms with E-state index in [1.54, 1.807) is 11.8 Å². The highest BCUT2D eigenvalue weighted by Gasteiger charge is 2.57. The highest BCUT2D eigenvalue weighted by Crippen LogP contribution is 2.68. The van der Waals surface area contributed by atoms with Gasteiger partial charge in [-0.3, -0.25) is 14.4 Å². The molecule has 0 radical (unpaired) electrons. The van der Waals surface area contributed by atoms with E-state index in [9.17, 15) is 13.0 Å². The van der Waals surface area contributed by atoms with Crippen LogP contribution in [-0.2, 0) is 14.2 Å². The van der Waals surface area contributed by atoms with Crippen LogP contribution < -0.4 is 4.74 Å². The van der Waals surface area contributed by atoms with Crippen LogP contribution >= 0.6 is 71.0 Å². The zero-order valence-electron chi connectivity index (χ0n) is 45.9. The van der Waals surface area contributed by atoms with Crippen LogP contribution in [0.5, 0.6) is 5.75 Å². The summed E-state index contributed by atoms with van der Waals surface area (Å²) in [6, 6.07) is 40.7. The number of fused-ring (bicyclic) bond motifs is 8. The zero-order valence-corrected chi connectivity index (χ0v) is 51.6. The van der Waals surface area contributed by atoms with Crippen molar-refractivity contribution in [1.29, 1.82) is 0 Å². The highest BCUT2D eigenvalue weighted by atomic mass is 32.3. The van der Waals surface area contributed by atoms with Gasteiger partial charge in [0, 0.05) is 43.1 Å². The average Bonchev–Trinajstić information content (AvgIpc) is 4.05. The first-order valence-corrected chi connectivity index (χ1v) is 35.4. The van der Waals surface area contributed by atoms with E-state index in [1.807, 2.05) is 59.2 Å². The number of thioether (sulfide) groups is 5. The predicted molar refractivity (Wildman–Crippen MR) is 348 cm³/mol. The van der Waals surface area contributed by atoms with Crippen molar-refractivity contribution in [3.8, 4) is 5.75 Å². The fourth-order valence-corrected chi connectivity index (χ4v) is 19.8. The molecule has 15 heteroatoms. The summed E-state index contributed by atoms with van der Waals surface area (Å²) in [7, 11) is -3.17. The Morgan fingerprint density at radius 2 is 1.32 bits per heavy atom. The van der Waals surface area contributed by atoms with Gasteiger partial charge >= 0.3 is 0 Å². The third-order valence-corrected chi connectivity index (χ3v) is 24.6. The van der Waals surface area contributed by atoms with Gasteiger partial charge in [-0.15, -0.1) is 0 Å². The first-order valence-electron chi connectivity index (χ1n) is 28.4. The monoisotopic (exact) mass is 1200 g/mol. The van der Waals surface area contributed by atoms with Crippen molar-refractivity contribution < 1.29 is 22.3 Å². The molecule has 3 aliphatic heterocycles. The largest absolute Gasteiger partial charge is 0.497 e. The minimum atomic E-state index is -4.71. The third-order valence-electron chi connectivity index (χ3n) is 17.4. The average molecular weight is 1200 g/mol. The molecule has 3 heterocycles. The fraction of sp³-hybridized carbons (Fsp3) is 0.385. The fourth-order valence-electron chi connectivity index (χ4n) is 13.3. The van der Waals surface area contributed by atoms with E-state index >= 15 is 0 Å². The summed E-state index contributed by atoms with van der Waals surface area (Å²) < 4.78 is 49.3. The molecular formula is C65H71N4O4S7+. The molecule has 2 bridgehead atoms. The standard InChI is InChI=1S/C65H70N4O4S7/c1-73-46-26-27-53(60(41-46)80(70,71)72)61-54(42-56-47-16-4-6-20-51(47)62(52-21-7-5-17-48(52)56)77-63(74)68-34-30-66(31-35-68)28-12-14-38-75-2)44-24-25-45(40-44)55(61)43-57-49-18-8-10-22-58(49)65(59-23-11-9-19-50(57)59)78-64(79-65)69-36-32-67(33-37-69)29-13-15-39-76-3/h4-11,16-27,41-45,55,61H,12-15,28-40H2,1-3H3/p+1/t44-,45+,55?,61?/m1/s1. The maximum atomic E-state index is 13.9. The van der Waals surface area contributed by atoms with Crippen LogP contribution in [0.2, 0.25) is 0 Å². The maximum Gasteiger partial charge on any atom is 0.294 e. The van der Waals surface area contributed by atoms with Gasteiger partial charge in [0.2, 0.25) is 0 Å². The summed E-state index contributed by atoms with van der Waals surface area (Å²) in [6.07, 6.45) is 19.9. The summed E-state index contributed by atoms with van der Waals surface area (Å²) in [5.74, 6) is 2.35. The molecule has 3 saturated heterocycles. The molecule has 1 saturated carbocycles. The number of ether oxygens (including phenoxy) is 1. The number of unbranched alkanes of at least 4 members (excludes halogenated alkanes) is 2. The number of hydrogen-bond donors (Lipinski definition) is 1. The first-order chi connectivity index (χ1) is 39.1. The van der Waals surface area contributed by atoms with E-state index in [4.69, 9.17) is 17.0 Å². The number of thiocarbonyl (C=S) groups is 1. The summed E-state index contributed by atoms with van der Waals surface area (Å²) in [5.41, 5.74) is 9.00. The number of rotatable bonds is 16. The van der Waals surface area contributed by atoms with Gasteiger partial charge in [0.25, 0.3) is 14.5 Å². The molecule has 6 aliphatic rings. The third kappa shape index (κ3) is 11.2. The normalized spacial score (nSPS) is 23.5. The van der Waals surface area contributed by atoms with Crippen LogP contribution in [0.25, 0.3) is 33.2 Å². The van der Waals surface area contributed by atoms with E-state index in [-0.39, 0.29) is 26.7 Å². The minimum absolute atomic E-state index is 0.0345. The summed E-state index contributed by atoms with van der Waals surface area (Å²) in [4.78, 5) is 8.67. The second-order valence-corrected chi connectivity index (χ2v) is 29.9. The molecule has 0 aromatic heterocycles. The number of hydrogen-bond acceptors (Lipinski definition) is 11. The Kier molecular flexibility index (Phi) is 17.4. The molecule has 4 atom stereocenters. The molecule has 2 unspecified atom stereocenters. The van der Waals surface area contributed by atoms with Gasteiger partial charge in [0.1, 0.15) is 19.0 Å². The molecule has 0 amide bonds. The predicted octanol–water partition coefficient (Wildman–Crippen LogP) is 14.3. The zero-order chi connectivity index (χ0) is 55.0. The van der Waals surface area contributed by atoms with Crippen LogP contribution in [0.1, 0.15) is 71.4 Å². The molecule has 416 valence electrons. The molecule has 6 aromatic carbocycles. The van der Waals surface area contributed by atoms with Gasteiger partial charge in [-0.2, -0.15) is 31.9 Å². The molecule has 1 spiro atoms. The number of nitrogens with zero attached hydrogens (tertiary/aromatic N) is 4. The SMILES string of the molecule is COc1ccc(C2C(=Cc3c4ccccc4c(SC(=S)N4CCN(CCCCSC)CC4)c4ccccc34)[C@@H]3C=C[C@@H](C3)C2C=C2c3ccccc3C3(SC(=[N+]4CCN(CCCCSC)CC4)S3)c3ccccc32)c(S(=O)(=O)O)c1. The molecule has 8 nitrogen and oxygen atoms in total. The Hall–Kier alpha value is -4.00. The number of allylic oxidation sites excluding steroid dienone is 4. The van der Waals surface area contributed by atoms with Gasteiger partial charge in [0.15, 0.2) is 13.1 Å². The summed E-state index contributed by atoms with van der Waals surface area (Å²) in [6.45, 7) is 10.5. The molecule has 80 heavy (non-hydrogen) atoms. The van der Waals surface area contributed by atoms with E-state index in [0.29, 0.717) is 11.3 Å². The quantitative estimate of drug-likeness (QED) is 0.0190. The topological polar surface area (TPSA) is 76.3 Å². The van der Waals surface area contributed by atoms with E-state index in [2.05, 4.69) is 153 Å².